The molecule has 28 heavy (non-hydrogen) atoms. The van der Waals surface area contributed by atoms with Crippen molar-refractivity contribution in [3.8, 4) is 5.75 Å². The van der Waals surface area contributed by atoms with E-state index in [0.29, 0.717) is 12.1 Å². The topological polar surface area (TPSA) is 75.7 Å². The highest BCUT2D eigenvalue weighted by atomic mass is 32.2. The van der Waals surface area contributed by atoms with Gasteiger partial charge in [0, 0.05) is 12.0 Å². The summed E-state index contributed by atoms with van der Waals surface area (Å²) in [6.45, 7) is 5.66. The molecule has 1 atom stereocenters. The molecule has 0 aromatic heterocycles. The molecule has 150 valence electrons. The Morgan fingerprint density at radius 3 is 2.54 bits per heavy atom. The van der Waals surface area contributed by atoms with E-state index < -0.39 is 15.6 Å². The van der Waals surface area contributed by atoms with Crippen LogP contribution in [0.25, 0.3) is 0 Å². The first-order valence-corrected chi connectivity index (χ1v) is 11.0. The summed E-state index contributed by atoms with van der Waals surface area (Å²) >= 11 is 0. The average Bonchev–Trinajstić information content (AvgIpc) is 2.59. The second kappa shape index (κ2) is 7.47. The van der Waals surface area contributed by atoms with Gasteiger partial charge in [0.2, 0.25) is 15.9 Å². The molecular weight excluding hydrogens is 376 g/mol. The first-order chi connectivity index (χ1) is 13.0. The number of hydrogen-bond acceptors (Lipinski definition) is 4. The maximum Gasteiger partial charge on any atom is 0.241 e. The lowest BCUT2D eigenvalue weighted by molar-refractivity contribution is -0.120. The van der Waals surface area contributed by atoms with Crippen LogP contribution < -0.4 is 14.4 Å². The highest BCUT2D eigenvalue weighted by Crippen LogP contribution is 2.39. The Bertz CT molecular complexity index is 971. The number of anilines is 1. The smallest absolute Gasteiger partial charge is 0.241 e. The van der Waals surface area contributed by atoms with Crippen molar-refractivity contribution in [3.63, 3.8) is 0 Å². The summed E-state index contributed by atoms with van der Waals surface area (Å²) in [6.07, 6.45) is 1.70. The molecular formula is C21H26N2O4S. The minimum atomic E-state index is -3.60. The SMILES string of the molecule is Cc1ccc2c(c1)C(NC(=O)CN(c1ccccc1)S(C)(=O)=O)CC(C)(C)O2. The third-order valence-electron chi connectivity index (χ3n) is 4.69. The van der Waals surface area contributed by atoms with Crippen molar-refractivity contribution in [2.75, 3.05) is 17.1 Å². The Labute approximate surface area is 166 Å². The molecule has 2 aromatic carbocycles. The Morgan fingerprint density at radius 1 is 1.21 bits per heavy atom. The number of nitrogens with zero attached hydrogens (tertiary/aromatic N) is 1. The second-order valence-corrected chi connectivity index (χ2v) is 9.74. The van der Waals surface area contributed by atoms with E-state index in [-0.39, 0.29) is 18.5 Å². The second-order valence-electron chi connectivity index (χ2n) is 7.83. The summed E-state index contributed by atoms with van der Waals surface area (Å²) in [4.78, 5) is 12.8. The zero-order valence-electron chi connectivity index (χ0n) is 16.6. The van der Waals surface area contributed by atoms with E-state index in [2.05, 4.69) is 5.32 Å². The molecule has 0 radical (unpaired) electrons. The molecule has 6 nitrogen and oxygen atoms in total. The Hall–Kier alpha value is -2.54. The monoisotopic (exact) mass is 402 g/mol. The van der Waals surface area contributed by atoms with Crippen molar-refractivity contribution in [3.05, 3.63) is 59.7 Å². The lowest BCUT2D eigenvalue weighted by atomic mass is 9.89. The van der Waals surface area contributed by atoms with Crippen LogP contribution in [0.2, 0.25) is 0 Å². The fraction of sp³-hybridized carbons (Fsp3) is 0.381. The molecule has 0 spiro atoms. The van der Waals surface area contributed by atoms with Crippen molar-refractivity contribution in [2.24, 2.45) is 0 Å². The predicted molar refractivity (Wildman–Crippen MR) is 110 cm³/mol. The number of hydrogen-bond donors (Lipinski definition) is 1. The zero-order valence-corrected chi connectivity index (χ0v) is 17.4. The highest BCUT2D eigenvalue weighted by Gasteiger charge is 2.35. The molecule has 0 saturated carbocycles. The van der Waals surface area contributed by atoms with E-state index in [1.165, 1.54) is 0 Å². The number of sulfonamides is 1. The molecule has 1 N–H and O–H groups in total. The fourth-order valence-corrected chi connectivity index (χ4v) is 4.32. The van der Waals surface area contributed by atoms with Crippen LogP contribution in [0.15, 0.2) is 48.5 Å². The van der Waals surface area contributed by atoms with Crippen LogP contribution in [-0.4, -0.2) is 32.7 Å². The van der Waals surface area contributed by atoms with E-state index in [9.17, 15) is 13.2 Å². The normalized spacial score (nSPS) is 17.9. The molecule has 0 saturated heterocycles. The van der Waals surface area contributed by atoms with Crippen LogP contribution in [-0.2, 0) is 14.8 Å². The molecule has 1 heterocycles. The molecule has 0 aliphatic carbocycles. The maximum atomic E-state index is 12.8. The van der Waals surface area contributed by atoms with Crippen LogP contribution in [0.5, 0.6) is 5.75 Å². The van der Waals surface area contributed by atoms with E-state index >= 15 is 0 Å². The van der Waals surface area contributed by atoms with Crippen molar-refractivity contribution < 1.29 is 17.9 Å². The van der Waals surface area contributed by atoms with Gasteiger partial charge in [-0.3, -0.25) is 9.10 Å². The summed E-state index contributed by atoms with van der Waals surface area (Å²) in [5, 5.41) is 3.01. The molecule has 2 aromatic rings. The number of para-hydroxylation sites is 1. The van der Waals surface area contributed by atoms with Crippen molar-refractivity contribution in [2.45, 2.75) is 38.8 Å². The van der Waals surface area contributed by atoms with E-state index in [1.807, 2.05) is 39.0 Å². The van der Waals surface area contributed by atoms with Crippen LogP contribution in [0.4, 0.5) is 5.69 Å². The zero-order chi connectivity index (χ0) is 20.5. The quantitative estimate of drug-likeness (QED) is 0.833. The highest BCUT2D eigenvalue weighted by molar-refractivity contribution is 7.92. The molecule has 1 aliphatic heterocycles. The third-order valence-corrected chi connectivity index (χ3v) is 5.83. The predicted octanol–water partition coefficient (Wildman–Crippen LogP) is 3.18. The lowest BCUT2D eigenvalue weighted by Gasteiger charge is -2.38. The van der Waals surface area contributed by atoms with Gasteiger partial charge in [-0.15, -0.1) is 0 Å². The van der Waals surface area contributed by atoms with Gasteiger partial charge in [0.05, 0.1) is 18.0 Å². The summed E-state index contributed by atoms with van der Waals surface area (Å²) in [7, 11) is -3.60. The molecule has 3 rings (SSSR count). The number of ether oxygens (including phenoxy) is 1. The van der Waals surface area contributed by atoms with E-state index in [4.69, 9.17) is 4.74 Å². The van der Waals surface area contributed by atoms with Crippen LogP contribution in [0.3, 0.4) is 0 Å². The first-order valence-electron chi connectivity index (χ1n) is 9.17. The number of amides is 1. The Kier molecular flexibility index (Phi) is 5.39. The van der Waals surface area contributed by atoms with Crippen molar-refractivity contribution in [1.82, 2.24) is 5.32 Å². The number of rotatable bonds is 5. The summed E-state index contributed by atoms with van der Waals surface area (Å²) < 4.78 is 31.6. The van der Waals surface area contributed by atoms with Gasteiger partial charge < -0.3 is 10.1 Å². The van der Waals surface area contributed by atoms with E-state index in [0.717, 1.165) is 27.4 Å². The first kappa shape index (κ1) is 20.2. The van der Waals surface area contributed by atoms with Gasteiger partial charge in [0.15, 0.2) is 0 Å². The van der Waals surface area contributed by atoms with Crippen LogP contribution in [0, 0.1) is 6.92 Å². The molecule has 7 heteroatoms. The number of carbonyl (C=O) groups excluding carboxylic acids is 1. The average molecular weight is 403 g/mol. The Balaban J connectivity index is 1.83. The number of benzene rings is 2. The minimum absolute atomic E-state index is 0.247. The van der Waals surface area contributed by atoms with Gasteiger partial charge in [-0.2, -0.15) is 0 Å². The van der Waals surface area contributed by atoms with Gasteiger partial charge in [-0.05, 0) is 39.0 Å². The number of carbonyl (C=O) groups is 1. The van der Waals surface area contributed by atoms with Crippen LogP contribution in [0.1, 0.15) is 37.4 Å². The summed E-state index contributed by atoms with van der Waals surface area (Å²) in [5.41, 5.74) is 2.02. The number of fused-ring (bicyclic) bond motifs is 1. The van der Waals surface area contributed by atoms with E-state index in [1.54, 1.807) is 30.3 Å². The van der Waals surface area contributed by atoms with Gasteiger partial charge in [0.1, 0.15) is 17.9 Å². The molecule has 0 fully saturated rings. The third kappa shape index (κ3) is 4.65. The van der Waals surface area contributed by atoms with Gasteiger partial charge in [0.25, 0.3) is 0 Å². The van der Waals surface area contributed by atoms with Crippen molar-refractivity contribution in [1.29, 1.82) is 0 Å². The minimum Gasteiger partial charge on any atom is -0.487 e. The fourth-order valence-electron chi connectivity index (χ4n) is 3.47. The largest absolute Gasteiger partial charge is 0.487 e. The maximum absolute atomic E-state index is 12.8. The molecule has 1 unspecified atom stereocenters. The van der Waals surface area contributed by atoms with Crippen LogP contribution >= 0.6 is 0 Å². The standard InChI is InChI=1S/C21H26N2O4S/c1-15-10-11-19-17(12-15)18(13-21(2,3)27-19)22-20(24)14-23(28(4,25)26)16-8-6-5-7-9-16/h5-12,18H,13-14H2,1-4H3,(H,22,24). The molecule has 0 bridgehead atoms. The van der Waals surface area contributed by atoms with Gasteiger partial charge in [-0.25, -0.2) is 8.42 Å². The molecule has 1 aliphatic rings. The lowest BCUT2D eigenvalue weighted by Crippen LogP contribution is -2.45. The Morgan fingerprint density at radius 2 is 1.89 bits per heavy atom. The van der Waals surface area contributed by atoms with Gasteiger partial charge >= 0.3 is 0 Å². The molecule has 1 amide bonds. The van der Waals surface area contributed by atoms with Gasteiger partial charge in [-0.1, -0.05) is 35.9 Å². The summed E-state index contributed by atoms with van der Waals surface area (Å²) in [5.74, 6) is 0.389. The summed E-state index contributed by atoms with van der Waals surface area (Å²) in [6, 6.07) is 14.3. The number of nitrogens with one attached hydrogen (secondary N) is 1. The number of aryl methyl sites for hydroxylation is 1. The van der Waals surface area contributed by atoms with Crippen molar-refractivity contribution >= 4 is 21.6 Å².